The van der Waals surface area contributed by atoms with Crippen molar-refractivity contribution in [1.82, 2.24) is 0 Å². The number of aliphatic hydroxyl groups excluding tert-OH is 1. The van der Waals surface area contributed by atoms with Crippen molar-refractivity contribution in [1.29, 1.82) is 0 Å². The van der Waals surface area contributed by atoms with E-state index in [0.29, 0.717) is 0 Å². The number of nitrogens with two attached hydrogens (primary N) is 1. The van der Waals surface area contributed by atoms with Gasteiger partial charge in [0.05, 0.1) is 18.6 Å². The van der Waals surface area contributed by atoms with E-state index in [1.807, 2.05) is 0 Å². The normalized spacial score (nSPS) is 13.2. The van der Waals surface area contributed by atoms with Crippen molar-refractivity contribution < 1.29 is 14.6 Å². The minimum absolute atomic E-state index is 0.0192. The molecule has 0 aromatic carbocycles. The van der Waals surface area contributed by atoms with Crippen LogP contribution in [-0.4, -0.2) is 29.8 Å². The van der Waals surface area contributed by atoms with Crippen LogP contribution in [0.4, 0.5) is 0 Å². The van der Waals surface area contributed by atoms with Crippen molar-refractivity contribution >= 4 is 5.97 Å². The molecule has 0 amide bonds. The Morgan fingerprint density at radius 1 is 1.64 bits per heavy atom. The van der Waals surface area contributed by atoms with Gasteiger partial charge in [-0.2, -0.15) is 0 Å². The standard InChI is InChI=1S/C7H15NO3/c1-5(2)11-7(10)3-6(9)4-8/h5-6,9H,3-4,8H2,1-2H3/t6-/m0/s1. The topological polar surface area (TPSA) is 72.5 Å². The highest BCUT2D eigenvalue weighted by Gasteiger charge is 2.10. The molecular formula is C7H15NO3. The van der Waals surface area contributed by atoms with Crippen molar-refractivity contribution in [3.63, 3.8) is 0 Å². The number of carbonyl (C=O) groups is 1. The fraction of sp³-hybridized carbons (Fsp3) is 0.857. The van der Waals surface area contributed by atoms with Crippen LogP contribution in [0, 0.1) is 0 Å². The molecule has 66 valence electrons. The third-order valence-corrected chi connectivity index (χ3v) is 1.04. The lowest BCUT2D eigenvalue weighted by atomic mass is 10.2. The second-order valence-corrected chi connectivity index (χ2v) is 2.63. The lowest BCUT2D eigenvalue weighted by Crippen LogP contribution is -2.25. The summed E-state index contributed by atoms with van der Waals surface area (Å²) >= 11 is 0. The van der Waals surface area contributed by atoms with E-state index >= 15 is 0 Å². The minimum atomic E-state index is -0.777. The predicted molar refractivity (Wildman–Crippen MR) is 40.9 cm³/mol. The fourth-order valence-corrected chi connectivity index (χ4v) is 0.587. The summed E-state index contributed by atoms with van der Waals surface area (Å²) in [6, 6.07) is 0. The molecule has 3 N–H and O–H groups in total. The first-order chi connectivity index (χ1) is 5.06. The van der Waals surface area contributed by atoms with Crippen LogP contribution in [0.2, 0.25) is 0 Å². The highest BCUT2D eigenvalue weighted by molar-refractivity contribution is 5.70. The fourth-order valence-electron chi connectivity index (χ4n) is 0.587. The Kier molecular flexibility index (Phi) is 4.81. The number of aliphatic hydroxyl groups is 1. The molecule has 4 nitrogen and oxygen atoms in total. The molecule has 0 fully saturated rings. The van der Waals surface area contributed by atoms with Gasteiger partial charge in [-0.15, -0.1) is 0 Å². The summed E-state index contributed by atoms with van der Waals surface area (Å²) in [5, 5.41) is 8.92. The molecule has 1 atom stereocenters. The quantitative estimate of drug-likeness (QED) is 0.553. The molecule has 0 saturated heterocycles. The average molecular weight is 161 g/mol. The molecule has 0 aliphatic carbocycles. The van der Waals surface area contributed by atoms with Crippen LogP contribution in [0.1, 0.15) is 20.3 Å². The van der Waals surface area contributed by atoms with E-state index in [1.54, 1.807) is 13.8 Å². The van der Waals surface area contributed by atoms with E-state index in [-0.39, 0.29) is 19.1 Å². The van der Waals surface area contributed by atoms with E-state index in [0.717, 1.165) is 0 Å². The third kappa shape index (κ3) is 5.82. The number of ether oxygens (including phenoxy) is 1. The Morgan fingerprint density at radius 3 is 2.55 bits per heavy atom. The maximum atomic E-state index is 10.8. The molecule has 0 radical (unpaired) electrons. The van der Waals surface area contributed by atoms with Gasteiger partial charge in [0.15, 0.2) is 0 Å². The van der Waals surface area contributed by atoms with Crippen molar-refractivity contribution in [2.75, 3.05) is 6.54 Å². The van der Waals surface area contributed by atoms with Gasteiger partial charge in [0.2, 0.25) is 0 Å². The molecule has 0 aromatic heterocycles. The largest absolute Gasteiger partial charge is 0.463 e. The summed E-state index contributed by atoms with van der Waals surface area (Å²) in [7, 11) is 0. The van der Waals surface area contributed by atoms with Gasteiger partial charge in [0, 0.05) is 6.54 Å². The van der Waals surface area contributed by atoms with Crippen LogP contribution in [-0.2, 0) is 9.53 Å². The zero-order chi connectivity index (χ0) is 8.85. The maximum Gasteiger partial charge on any atom is 0.308 e. The molecule has 0 saturated carbocycles. The molecule has 0 spiro atoms. The van der Waals surface area contributed by atoms with Crippen molar-refractivity contribution in [2.45, 2.75) is 32.5 Å². The number of carbonyl (C=O) groups excluding carboxylic acids is 1. The lowest BCUT2D eigenvalue weighted by Gasteiger charge is -2.09. The van der Waals surface area contributed by atoms with Crippen molar-refractivity contribution in [3.8, 4) is 0 Å². The Bertz CT molecular complexity index is 125. The minimum Gasteiger partial charge on any atom is -0.463 e. The van der Waals surface area contributed by atoms with Crippen LogP contribution in [0.5, 0.6) is 0 Å². The number of esters is 1. The number of hydrogen-bond donors (Lipinski definition) is 2. The SMILES string of the molecule is CC(C)OC(=O)C[C@H](O)CN. The van der Waals surface area contributed by atoms with Gasteiger partial charge in [-0.1, -0.05) is 0 Å². The van der Waals surface area contributed by atoms with Gasteiger partial charge in [0.25, 0.3) is 0 Å². The molecule has 0 aromatic rings. The van der Waals surface area contributed by atoms with Crippen LogP contribution in [0.15, 0.2) is 0 Å². The Morgan fingerprint density at radius 2 is 2.18 bits per heavy atom. The predicted octanol–water partition coefficient (Wildman–Crippen LogP) is -0.352. The molecule has 0 unspecified atom stereocenters. The maximum absolute atomic E-state index is 10.8. The summed E-state index contributed by atoms with van der Waals surface area (Å²) in [6.07, 6.45) is -0.928. The number of rotatable bonds is 4. The van der Waals surface area contributed by atoms with E-state index in [9.17, 15) is 4.79 Å². The molecule has 0 bridgehead atoms. The van der Waals surface area contributed by atoms with Gasteiger partial charge < -0.3 is 15.6 Å². The Hall–Kier alpha value is -0.610. The van der Waals surface area contributed by atoms with E-state index in [4.69, 9.17) is 15.6 Å². The first-order valence-electron chi connectivity index (χ1n) is 3.64. The second-order valence-electron chi connectivity index (χ2n) is 2.63. The summed E-state index contributed by atoms with van der Waals surface area (Å²) < 4.78 is 4.77. The van der Waals surface area contributed by atoms with E-state index in [2.05, 4.69) is 0 Å². The first-order valence-corrected chi connectivity index (χ1v) is 3.64. The van der Waals surface area contributed by atoms with Crippen LogP contribution in [0.25, 0.3) is 0 Å². The summed E-state index contributed by atoms with van der Waals surface area (Å²) in [4.78, 5) is 10.8. The van der Waals surface area contributed by atoms with Gasteiger partial charge in [-0.25, -0.2) is 0 Å². The smallest absolute Gasteiger partial charge is 0.308 e. The highest BCUT2D eigenvalue weighted by Crippen LogP contribution is 1.96. The summed E-state index contributed by atoms with van der Waals surface area (Å²) in [5.41, 5.74) is 5.09. The second kappa shape index (κ2) is 5.09. The van der Waals surface area contributed by atoms with E-state index < -0.39 is 12.1 Å². The monoisotopic (exact) mass is 161 g/mol. The summed E-state index contributed by atoms with van der Waals surface area (Å²) in [5.74, 6) is -0.405. The third-order valence-electron chi connectivity index (χ3n) is 1.04. The van der Waals surface area contributed by atoms with Crippen LogP contribution >= 0.6 is 0 Å². The summed E-state index contributed by atoms with van der Waals surface area (Å²) in [6.45, 7) is 3.60. The molecule has 4 heteroatoms. The van der Waals surface area contributed by atoms with Crippen molar-refractivity contribution in [3.05, 3.63) is 0 Å². The number of hydrogen-bond acceptors (Lipinski definition) is 4. The molecule has 0 aliphatic heterocycles. The highest BCUT2D eigenvalue weighted by atomic mass is 16.5. The lowest BCUT2D eigenvalue weighted by molar-refractivity contribution is -0.149. The molecular weight excluding hydrogens is 146 g/mol. The molecule has 0 heterocycles. The average Bonchev–Trinajstić information content (AvgIpc) is 1.85. The van der Waals surface area contributed by atoms with E-state index in [1.165, 1.54) is 0 Å². The van der Waals surface area contributed by atoms with Crippen LogP contribution in [0.3, 0.4) is 0 Å². The Labute approximate surface area is 66.3 Å². The van der Waals surface area contributed by atoms with Gasteiger partial charge in [-0.05, 0) is 13.8 Å². The van der Waals surface area contributed by atoms with Crippen molar-refractivity contribution in [2.24, 2.45) is 5.73 Å². The zero-order valence-corrected chi connectivity index (χ0v) is 6.91. The van der Waals surface area contributed by atoms with Gasteiger partial charge in [-0.3, -0.25) is 4.79 Å². The Balaban J connectivity index is 3.52. The van der Waals surface area contributed by atoms with Crippen LogP contribution < -0.4 is 5.73 Å². The molecule has 0 aliphatic rings. The first kappa shape index (κ1) is 10.4. The van der Waals surface area contributed by atoms with Gasteiger partial charge in [0.1, 0.15) is 0 Å². The molecule has 11 heavy (non-hydrogen) atoms. The van der Waals surface area contributed by atoms with Gasteiger partial charge >= 0.3 is 5.97 Å². The molecule has 0 rings (SSSR count). The zero-order valence-electron chi connectivity index (χ0n) is 6.91.